The maximum atomic E-state index is 14.4. The van der Waals surface area contributed by atoms with Crippen LogP contribution >= 0.6 is 0 Å². The van der Waals surface area contributed by atoms with E-state index in [0.717, 1.165) is 31.4 Å². The third kappa shape index (κ3) is 3.60. The first kappa shape index (κ1) is 18.9. The van der Waals surface area contributed by atoms with Crippen LogP contribution in [0.3, 0.4) is 0 Å². The number of aromatic nitrogens is 3. The van der Waals surface area contributed by atoms with Crippen LogP contribution in [0.1, 0.15) is 47.6 Å². The van der Waals surface area contributed by atoms with Crippen LogP contribution in [0.25, 0.3) is 5.65 Å². The lowest BCUT2D eigenvalue weighted by Gasteiger charge is -2.26. The van der Waals surface area contributed by atoms with E-state index in [1.165, 1.54) is 16.8 Å². The maximum Gasteiger partial charge on any atom is 0.280 e. The molecule has 1 saturated heterocycles. The smallest absolute Gasteiger partial charge is 0.280 e. The second-order valence-electron chi connectivity index (χ2n) is 7.81. The average molecular weight is 413 g/mol. The molecule has 1 atom stereocenters. The minimum atomic E-state index is -0.470. The molecule has 1 saturated carbocycles. The minimum Gasteiger partial charge on any atom is -0.349 e. The van der Waals surface area contributed by atoms with E-state index in [4.69, 9.17) is 4.84 Å². The van der Waals surface area contributed by atoms with Crippen molar-refractivity contribution in [1.82, 2.24) is 20.1 Å². The lowest BCUT2D eigenvalue weighted by atomic mass is 10.0. The molecule has 156 valence electrons. The fraction of sp³-hybridized carbons (Fsp3) is 0.381. The Bertz CT molecular complexity index is 1100. The molecule has 1 unspecified atom stereocenters. The van der Waals surface area contributed by atoms with Crippen LogP contribution in [0, 0.1) is 17.6 Å². The van der Waals surface area contributed by atoms with E-state index in [1.807, 2.05) is 4.90 Å². The highest BCUT2D eigenvalue weighted by molar-refractivity contribution is 5.99. The largest absolute Gasteiger partial charge is 0.349 e. The zero-order valence-corrected chi connectivity index (χ0v) is 16.2. The van der Waals surface area contributed by atoms with E-state index in [0.29, 0.717) is 48.1 Å². The number of carbonyl (C=O) groups is 1. The molecule has 1 aromatic carbocycles. The number of fused-ring (bicyclic) bond motifs is 1. The quantitative estimate of drug-likeness (QED) is 0.627. The summed E-state index contributed by atoms with van der Waals surface area (Å²) in [6.45, 7) is 1.16. The van der Waals surface area contributed by atoms with Crippen molar-refractivity contribution in [2.45, 2.75) is 31.7 Å². The summed E-state index contributed by atoms with van der Waals surface area (Å²) in [5.74, 6) is -0.213. The SMILES string of the molecule is O=C(NOCC1CC1)c1cnn2ccc(N3CCCC3c3cc(F)ccc3F)nc12. The van der Waals surface area contributed by atoms with Crippen LogP contribution in [-0.2, 0) is 4.84 Å². The van der Waals surface area contributed by atoms with Gasteiger partial charge in [0.05, 0.1) is 18.8 Å². The van der Waals surface area contributed by atoms with Crippen molar-refractivity contribution in [3.63, 3.8) is 0 Å². The third-order valence-corrected chi connectivity index (χ3v) is 5.64. The minimum absolute atomic E-state index is 0.292. The standard InChI is InChI=1S/C21H21F2N5O2/c22-14-5-6-17(23)15(10-14)18-2-1-8-27(18)19-7-9-28-20(25-19)16(11-24-28)21(29)26-30-12-13-3-4-13/h5-7,9-11,13,18H,1-4,8,12H2,(H,26,29). The predicted octanol–water partition coefficient (Wildman–Crippen LogP) is 3.42. The lowest BCUT2D eigenvalue weighted by Crippen LogP contribution is -2.26. The first-order valence-corrected chi connectivity index (χ1v) is 10.1. The van der Waals surface area contributed by atoms with Crippen molar-refractivity contribution in [2.75, 3.05) is 18.1 Å². The monoisotopic (exact) mass is 413 g/mol. The first-order chi connectivity index (χ1) is 14.6. The van der Waals surface area contributed by atoms with Crippen molar-refractivity contribution < 1.29 is 18.4 Å². The summed E-state index contributed by atoms with van der Waals surface area (Å²) < 4.78 is 29.6. The van der Waals surface area contributed by atoms with Gasteiger partial charge in [0, 0.05) is 18.3 Å². The van der Waals surface area contributed by atoms with Crippen LogP contribution in [0.15, 0.2) is 36.7 Å². The van der Waals surface area contributed by atoms with Gasteiger partial charge in [0.1, 0.15) is 23.0 Å². The summed E-state index contributed by atoms with van der Waals surface area (Å²) in [6, 6.07) is 4.95. The highest BCUT2D eigenvalue weighted by Crippen LogP contribution is 2.37. The summed E-state index contributed by atoms with van der Waals surface area (Å²) in [7, 11) is 0. The summed E-state index contributed by atoms with van der Waals surface area (Å²) in [5, 5.41) is 4.18. The Kier molecular flexibility index (Phi) is 4.82. The molecule has 30 heavy (non-hydrogen) atoms. The summed E-state index contributed by atoms with van der Waals surface area (Å²) in [5.41, 5.74) is 3.43. The van der Waals surface area contributed by atoms with E-state index in [2.05, 4.69) is 15.6 Å². The van der Waals surface area contributed by atoms with Crippen molar-refractivity contribution in [2.24, 2.45) is 5.92 Å². The van der Waals surface area contributed by atoms with Crippen molar-refractivity contribution >= 4 is 17.4 Å². The van der Waals surface area contributed by atoms with Gasteiger partial charge in [-0.3, -0.25) is 9.63 Å². The van der Waals surface area contributed by atoms with E-state index < -0.39 is 17.5 Å². The van der Waals surface area contributed by atoms with Crippen molar-refractivity contribution in [1.29, 1.82) is 0 Å². The molecule has 2 aliphatic rings. The Labute approximate surface area is 171 Å². The average Bonchev–Trinajstić information content (AvgIpc) is 3.26. The predicted molar refractivity (Wildman–Crippen MR) is 105 cm³/mol. The molecule has 1 aliphatic carbocycles. The normalized spacial score (nSPS) is 18.9. The Morgan fingerprint density at radius 3 is 2.93 bits per heavy atom. The lowest BCUT2D eigenvalue weighted by molar-refractivity contribution is 0.0271. The van der Waals surface area contributed by atoms with Crippen LogP contribution in [0.4, 0.5) is 14.6 Å². The number of hydrogen-bond donors (Lipinski definition) is 1. The zero-order valence-electron chi connectivity index (χ0n) is 16.2. The number of amides is 1. The zero-order chi connectivity index (χ0) is 20.7. The van der Waals surface area contributed by atoms with Gasteiger partial charge in [0.15, 0.2) is 5.65 Å². The molecule has 2 fully saturated rings. The number of halogens is 2. The van der Waals surface area contributed by atoms with Crippen LogP contribution < -0.4 is 10.4 Å². The van der Waals surface area contributed by atoms with Crippen molar-refractivity contribution in [3.8, 4) is 0 Å². The number of hydrogen-bond acceptors (Lipinski definition) is 5. The number of nitrogens with one attached hydrogen (secondary N) is 1. The molecule has 0 spiro atoms. The summed E-state index contributed by atoms with van der Waals surface area (Å²) in [6.07, 6.45) is 6.91. The Morgan fingerprint density at radius 2 is 2.10 bits per heavy atom. The molecule has 0 bridgehead atoms. The van der Waals surface area contributed by atoms with Gasteiger partial charge in [-0.15, -0.1) is 0 Å². The Balaban J connectivity index is 1.42. The maximum absolute atomic E-state index is 14.4. The summed E-state index contributed by atoms with van der Waals surface area (Å²) >= 11 is 0. The molecule has 1 N–H and O–H groups in total. The van der Waals surface area contributed by atoms with Crippen LogP contribution in [-0.4, -0.2) is 33.7 Å². The van der Waals surface area contributed by atoms with Gasteiger partial charge in [0.2, 0.25) is 0 Å². The number of hydroxylamine groups is 1. The number of carbonyl (C=O) groups excluding carboxylic acids is 1. The van der Waals surface area contributed by atoms with Crippen molar-refractivity contribution in [3.05, 3.63) is 59.4 Å². The molecule has 3 heterocycles. The van der Waals surface area contributed by atoms with Gasteiger partial charge in [-0.2, -0.15) is 5.10 Å². The molecule has 1 amide bonds. The second-order valence-corrected chi connectivity index (χ2v) is 7.81. The van der Waals surface area contributed by atoms with E-state index in [-0.39, 0.29) is 6.04 Å². The summed E-state index contributed by atoms with van der Waals surface area (Å²) in [4.78, 5) is 24.3. The molecular weight excluding hydrogens is 392 g/mol. The molecule has 5 rings (SSSR count). The molecular formula is C21H21F2N5O2. The topological polar surface area (TPSA) is 71.8 Å². The van der Waals surface area contributed by atoms with E-state index >= 15 is 0 Å². The molecule has 7 nitrogen and oxygen atoms in total. The molecule has 0 radical (unpaired) electrons. The van der Waals surface area contributed by atoms with Gasteiger partial charge in [-0.05, 0) is 55.9 Å². The fourth-order valence-corrected chi connectivity index (χ4v) is 3.88. The molecule has 1 aliphatic heterocycles. The molecule has 2 aromatic heterocycles. The van der Waals surface area contributed by atoms with E-state index in [9.17, 15) is 13.6 Å². The molecule has 9 heteroatoms. The third-order valence-electron chi connectivity index (χ3n) is 5.64. The van der Waals surface area contributed by atoms with Gasteiger partial charge in [0.25, 0.3) is 5.91 Å². The number of rotatable bonds is 6. The van der Waals surface area contributed by atoms with Gasteiger partial charge >= 0.3 is 0 Å². The number of nitrogens with zero attached hydrogens (tertiary/aromatic N) is 4. The van der Waals surface area contributed by atoms with Gasteiger partial charge in [-0.1, -0.05) is 0 Å². The number of anilines is 1. The van der Waals surface area contributed by atoms with Crippen LogP contribution in [0.5, 0.6) is 0 Å². The fourth-order valence-electron chi connectivity index (χ4n) is 3.88. The highest BCUT2D eigenvalue weighted by atomic mass is 19.1. The first-order valence-electron chi connectivity index (χ1n) is 10.1. The van der Waals surface area contributed by atoms with Crippen LogP contribution in [0.2, 0.25) is 0 Å². The number of benzene rings is 1. The van der Waals surface area contributed by atoms with Gasteiger partial charge < -0.3 is 4.90 Å². The van der Waals surface area contributed by atoms with Gasteiger partial charge in [-0.25, -0.2) is 23.8 Å². The second kappa shape index (κ2) is 7.64. The van der Waals surface area contributed by atoms with E-state index in [1.54, 1.807) is 12.3 Å². The Hall–Kier alpha value is -3.07. The molecule has 3 aromatic rings. The Morgan fingerprint density at radius 1 is 1.23 bits per heavy atom. The highest BCUT2D eigenvalue weighted by Gasteiger charge is 2.30.